The van der Waals surface area contributed by atoms with E-state index in [1.54, 1.807) is 32.0 Å². The van der Waals surface area contributed by atoms with Gasteiger partial charge in [-0.05, 0) is 62.1 Å². The van der Waals surface area contributed by atoms with Crippen LogP contribution in [0.3, 0.4) is 0 Å². The third-order valence-corrected chi connectivity index (χ3v) is 9.08. The molecule has 9 heteroatoms. The summed E-state index contributed by atoms with van der Waals surface area (Å²) < 4.78 is 10.7. The Kier molecular flexibility index (Phi) is 7.83. The standard InChI is InChI=1S/C27H30Cl2N2O4S/c1-6-27(4,5)15-11-12-16-19(13-15)36-25(21(16)26(33)34-7-2)30-24(32)20-14(3)35-31-23(20)22-17(28)9-8-10-18(22)29/h8-10,15H,6-7,11-13H2,1-5H3,(H,30,32). The van der Waals surface area contributed by atoms with Crippen molar-refractivity contribution < 1.29 is 18.8 Å². The zero-order valence-corrected chi connectivity index (χ0v) is 23.4. The van der Waals surface area contributed by atoms with Gasteiger partial charge in [0.1, 0.15) is 22.0 Å². The van der Waals surface area contributed by atoms with E-state index in [2.05, 4.69) is 31.2 Å². The summed E-state index contributed by atoms with van der Waals surface area (Å²) in [5.41, 5.74) is 2.51. The van der Waals surface area contributed by atoms with Gasteiger partial charge in [-0.15, -0.1) is 11.3 Å². The number of carbonyl (C=O) groups is 2. The van der Waals surface area contributed by atoms with E-state index >= 15 is 0 Å². The van der Waals surface area contributed by atoms with E-state index in [1.807, 2.05) is 0 Å². The first kappa shape index (κ1) is 26.7. The van der Waals surface area contributed by atoms with Gasteiger partial charge in [0.25, 0.3) is 5.91 Å². The molecule has 1 N–H and O–H groups in total. The second kappa shape index (κ2) is 10.6. The van der Waals surface area contributed by atoms with Gasteiger partial charge >= 0.3 is 5.97 Å². The second-order valence-electron chi connectivity index (χ2n) is 9.72. The smallest absolute Gasteiger partial charge is 0.341 e. The molecule has 0 saturated heterocycles. The highest BCUT2D eigenvalue weighted by Gasteiger charge is 2.36. The summed E-state index contributed by atoms with van der Waals surface area (Å²) in [5, 5.41) is 8.23. The number of aromatic nitrogens is 1. The molecular formula is C27H30Cl2N2O4S. The minimum Gasteiger partial charge on any atom is -0.462 e. The Morgan fingerprint density at radius 2 is 1.92 bits per heavy atom. The molecule has 192 valence electrons. The van der Waals surface area contributed by atoms with Crippen LogP contribution in [0, 0.1) is 18.3 Å². The molecule has 1 atom stereocenters. The topological polar surface area (TPSA) is 81.4 Å². The molecule has 1 aliphatic rings. The van der Waals surface area contributed by atoms with Gasteiger partial charge in [0.2, 0.25) is 0 Å². The number of halogens is 2. The van der Waals surface area contributed by atoms with Gasteiger partial charge in [-0.25, -0.2) is 4.79 Å². The number of rotatable bonds is 7. The normalized spacial score (nSPS) is 15.5. The summed E-state index contributed by atoms with van der Waals surface area (Å²) in [6.45, 7) is 10.5. The predicted octanol–water partition coefficient (Wildman–Crippen LogP) is 7.99. The zero-order valence-electron chi connectivity index (χ0n) is 21.1. The molecule has 1 unspecified atom stereocenters. The molecule has 2 heterocycles. The molecule has 2 aromatic heterocycles. The quantitative estimate of drug-likeness (QED) is 0.302. The van der Waals surface area contributed by atoms with Crippen LogP contribution in [0.1, 0.15) is 77.5 Å². The number of carbonyl (C=O) groups excluding carboxylic acids is 2. The highest BCUT2D eigenvalue weighted by atomic mass is 35.5. The summed E-state index contributed by atoms with van der Waals surface area (Å²) >= 11 is 14.2. The van der Waals surface area contributed by atoms with Crippen LogP contribution in [-0.2, 0) is 17.6 Å². The Morgan fingerprint density at radius 1 is 1.22 bits per heavy atom. The number of fused-ring (bicyclic) bond motifs is 1. The van der Waals surface area contributed by atoms with Crippen molar-refractivity contribution in [3.63, 3.8) is 0 Å². The third kappa shape index (κ3) is 4.93. The molecule has 0 saturated carbocycles. The Labute approximate surface area is 225 Å². The van der Waals surface area contributed by atoms with Crippen LogP contribution >= 0.6 is 34.5 Å². The van der Waals surface area contributed by atoms with Gasteiger partial charge in [-0.3, -0.25) is 4.79 Å². The maximum atomic E-state index is 13.6. The number of benzene rings is 1. The first-order valence-corrected chi connectivity index (χ1v) is 13.7. The Balaban J connectivity index is 1.73. The van der Waals surface area contributed by atoms with Crippen LogP contribution in [0.15, 0.2) is 22.7 Å². The van der Waals surface area contributed by atoms with Gasteiger partial charge in [-0.1, -0.05) is 61.6 Å². The summed E-state index contributed by atoms with van der Waals surface area (Å²) in [7, 11) is 0. The Morgan fingerprint density at radius 3 is 2.56 bits per heavy atom. The maximum absolute atomic E-state index is 13.6. The summed E-state index contributed by atoms with van der Waals surface area (Å²) in [6, 6.07) is 5.07. The Bertz CT molecular complexity index is 1290. The van der Waals surface area contributed by atoms with Crippen molar-refractivity contribution >= 4 is 51.4 Å². The highest BCUT2D eigenvalue weighted by Crippen LogP contribution is 2.46. The number of anilines is 1. The van der Waals surface area contributed by atoms with Crippen LogP contribution in [-0.4, -0.2) is 23.6 Å². The summed E-state index contributed by atoms with van der Waals surface area (Å²) in [5.74, 6) is -0.0481. The van der Waals surface area contributed by atoms with E-state index < -0.39 is 11.9 Å². The molecular weight excluding hydrogens is 519 g/mol. The molecule has 4 rings (SSSR count). The fraction of sp³-hybridized carbons (Fsp3) is 0.444. The number of nitrogens with zero attached hydrogens (tertiary/aromatic N) is 1. The number of ether oxygens (including phenoxy) is 1. The minimum atomic E-state index is -0.450. The number of amides is 1. The van der Waals surface area contributed by atoms with Crippen molar-refractivity contribution in [1.29, 1.82) is 0 Å². The number of nitrogens with one attached hydrogen (secondary N) is 1. The fourth-order valence-corrected chi connectivity index (χ4v) is 6.64. The van der Waals surface area contributed by atoms with E-state index in [9.17, 15) is 9.59 Å². The van der Waals surface area contributed by atoms with Crippen molar-refractivity contribution in [3.8, 4) is 11.3 Å². The minimum absolute atomic E-state index is 0.192. The number of thiophene rings is 1. The molecule has 0 spiro atoms. The molecule has 1 aliphatic carbocycles. The zero-order chi connectivity index (χ0) is 26.2. The first-order valence-electron chi connectivity index (χ1n) is 12.1. The lowest BCUT2D eigenvalue weighted by atomic mass is 9.69. The Hall–Kier alpha value is -2.35. The third-order valence-electron chi connectivity index (χ3n) is 7.28. The molecule has 0 fully saturated rings. The molecule has 6 nitrogen and oxygen atoms in total. The molecule has 0 aliphatic heterocycles. The number of hydrogen-bond acceptors (Lipinski definition) is 6. The molecule has 1 aromatic carbocycles. The lowest BCUT2D eigenvalue weighted by Crippen LogP contribution is -2.28. The van der Waals surface area contributed by atoms with Crippen molar-refractivity contribution in [2.45, 2.75) is 60.3 Å². The number of esters is 1. The lowest BCUT2D eigenvalue weighted by Gasteiger charge is -2.36. The summed E-state index contributed by atoms with van der Waals surface area (Å²) in [6.07, 6.45) is 3.71. The van der Waals surface area contributed by atoms with Gasteiger partial charge < -0.3 is 14.6 Å². The molecule has 1 amide bonds. The highest BCUT2D eigenvalue weighted by molar-refractivity contribution is 7.17. The molecule has 0 radical (unpaired) electrons. The van der Waals surface area contributed by atoms with Crippen LogP contribution < -0.4 is 5.32 Å². The van der Waals surface area contributed by atoms with E-state index in [4.69, 9.17) is 32.5 Å². The first-order chi connectivity index (χ1) is 17.1. The van der Waals surface area contributed by atoms with Crippen LogP contribution in [0.25, 0.3) is 11.3 Å². The van der Waals surface area contributed by atoms with E-state index in [0.29, 0.717) is 37.9 Å². The van der Waals surface area contributed by atoms with E-state index in [0.717, 1.165) is 36.1 Å². The van der Waals surface area contributed by atoms with Crippen LogP contribution in [0.2, 0.25) is 10.0 Å². The SMILES string of the molecule is CCOC(=O)c1c(NC(=O)c2c(-c3c(Cl)cccc3Cl)noc2C)sc2c1CCC(C(C)(C)CC)C2. The lowest BCUT2D eigenvalue weighted by molar-refractivity contribution is 0.0526. The average Bonchev–Trinajstić information content (AvgIpc) is 3.38. The van der Waals surface area contributed by atoms with Gasteiger partial charge in [0.05, 0.1) is 22.2 Å². The van der Waals surface area contributed by atoms with Crippen LogP contribution in [0.5, 0.6) is 0 Å². The van der Waals surface area contributed by atoms with E-state index in [1.165, 1.54) is 11.3 Å². The predicted molar refractivity (Wildman–Crippen MR) is 145 cm³/mol. The fourth-order valence-electron chi connectivity index (χ4n) is 4.75. The molecule has 36 heavy (non-hydrogen) atoms. The monoisotopic (exact) mass is 548 g/mol. The van der Waals surface area contributed by atoms with Crippen LogP contribution in [0.4, 0.5) is 5.00 Å². The van der Waals surface area contributed by atoms with Gasteiger partial charge in [0, 0.05) is 10.4 Å². The van der Waals surface area contributed by atoms with Gasteiger partial charge in [0.15, 0.2) is 0 Å². The molecule has 3 aromatic rings. The second-order valence-corrected chi connectivity index (χ2v) is 11.6. The molecule has 0 bridgehead atoms. The van der Waals surface area contributed by atoms with Crippen molar-refractivity contribution in [2.24, 2.45) is 11.3 Å². The van der Waals surface area contributed by atoms with Crippen molar-refractivity contribution in [3.05, 3.63) is 55.6 Å². The maximum Gasteiger partial charge on any atom is 0.341 e. The number of aryl methyl sites for hydroxylation is 1. The number of hydrogen-bond donors (Lipinski definition) is 1. The van der Waals surface area contributed by atoms with Gasteiger partial charge in [-0.2, -0.15) is 0 Å². The summed E-state index contributed by atoms with van der Waals surface area (Å²) in [4.78, 5) is 27.7. The van der Waals surface area contributed by atoms with Crippen molar-refractivity contribution in [2.75, 3.05) is 11.9 Å². The largest absolute Gasteiger partial charge is 0.462 e. The average molecular weight is 550 g/mol. The van der Waals surface area contributed by atoms with Crippen molar-refractivity contribution in [1.82, 2.24) is 5.16 Å². The van der Waals surface area contributed by atoms with E-state index in [-0.39, 0.29) is 23.3 Å².